The fraction of sp³-hybridized carbons (Fsp3) is 0. The highest BCUT2D eigenvalue weighted by molar-refractivity contribution is 6.12. The van der Waals surface area contributed by atoms with Gasteiger partial charge in [-0.05, 0) is 132 Å². The van der Waals surface area contributed by atoms with Gasteiger partial charge in [0.25, 0.3) is 0 Å². The SMILES string of the molecule is c1ccc(-n2c3ccccc3c3ccc(-c4cccc(N(c5cccc(-c6ccc7ccccc7c6)c5)c5cccc(-c6cccc7c6ccc6ccccc67)c5)c4)cc32)cc1. The molecule has 0 amide bonds. The van der Waals surface area contributed by atoms with Gasteiger partial charge in [-0.15, -0.1) is 0 Å². The maximum Gasteiger partial charge on any atom is 0.0547 e. The molecule has 290 valence electrons. The average Bonchev–Trinajstić information content (AvgIpc) is 3.68. The molecule has 0 aliphatic rings. The van der Waals surface area contributed by atoms with Crippen molar-refractivity contribution in [2.24, 2.45) is 0 Å². The summed E-state index contributed by atoms with van der Waals surface area (Å²) in [6.45, 7) is 0. The summed E-state index contributed by atoms with van der Waals surface area (Å²) in [6.07, 6.45) is 0. The van der Waals surface area contributed by atoms with Crippen LogP contribution in [0, 0.1) is 0 Å². The second-order valence-corrected chi connectivity index (χ2v) is 16.2. The molecule has 0 aliphatic heterocycles. The van der Waals surface area contributed by atoms with E-state index < -0.39 is 0 Å². The molecule has 2 heteroatoms. The number of nitrogens with zero attached hydrogens (tertiary/aromatic N) is 2. The minimum atomic E-state index is 1.09. The van der Waals surface area contributed by atoms with Gasteiger partial charge < -0.3 is 9.47 Å². The number of benzene rings is 11. The molecule has 0 unspecified atom stereocenters. The van der Waals surface area contributed by atoms with Gasteiger partial charge in [0.2, 0.25) is 0 Å². The fourth-order valence-electron chi connectivity index (χ4n) is 9.58. The molecule has 0 aliphatic carbocycles. The lowest BCUT2D eigenvalue weighted by Crippen LogP contribution is -2.10. The summed E-state index contributed by atoms with van der Waals surface area (Å²) in [7, 11) is 0. The van der Waals surface area contributed by atoms with Gasteiger partial charge in [-0.3, -0.25) is 0 Å². The molecule has 0 spiro atoms. The zero-order valence-electron chi connectivity index (χ0n) is 34.0. The van der Waals surface area contributed by atoms with E-state index >= 15 is 0 Å². The van der Waals surface area contributed by atoms with Gasteiger partial charge in [0.1, 0.15) is 0 Å². The van der Waals surface area contributed by atoms with Gasteiger partial charge in [-0.2, -0.15) is 0 Å². The first-order valence-electron chi connectivity index (χ1n) is 21.3. The van der Waals surface area contributed by atoms with Gasteiger partial charge >= 0.3 is 0 Å². The maximum atomic E-state index is 2.41. The van der Waals surface area contributed by atoms with Crippen molar-refractivity contribution in [1.82, 2.24) is 4.57 Å². The lowest BCUT2D eigenvalue weighted by molar-refractivity contribution is 1.18. The van der Waals surface area contributed by atoms with Crippen molar-refractivity contribution >= 4 is 71.2 Å². The predicted octanol–water partition coefficient (Wildman–Crippen LogP) is 16.7. The molecule has 0 radical (unpaired) electrons. The van der Waals surface area contributed by atoms with Crippen molar-refractivity contribution < 1.29 is 0 Å². The molecule has 0 atom stereocenters. The molecule has 0 fully saturated rings. The van der Waals surface area contributed by atoms with Crippen LogP contribution in [-0.4, -0.2) is 4.57 Å². The molecule has 1 aromatic heterocycles. The van der Waals surface area contributed by atoms with E-state index in [0.29, 0.717) is 0 Å². The topological polar surface area (TPSA) is 8.17 Å². The van der Waals surface area contributed by atoms with Crippen LogP contribution >= 0.6 is 0 Å². The quantitative estimate of drug-likeness (QED) is 0.146. The highest BCUT2D eigenvalue weighted by Gasteiger charge is 2.18. The molecule has 12 rings (SSSR count). The van der Waals surface area contributed by atoms with Crippen LogP contribution in [0.25, 0.3) is 93.2 Å². The third kappa shape index (κ3) is 6.12. The zero-order valence-corrected chi connectivity index (χ0v) is 34.0. The number of rotatable bonds is 7. The van der Waals surface area contributed by atoms with E-state index in [1.54, 1.807) is 0 Å². The van der Waals surface area contributed by atoms with Crippen LogP contribution < -0.4 is 4.90 Å². The number of hydrogen-bond donors (Lipinski definition) is 0. The van der Waals surface area contributed by atoms with E-state index in [2.05, 4.69) is 252 Å². The first kappa shape index (κ1) is 35.7. The van der Waals surface area contributed by atoms with E-state index in [1.165, 1.54) is 81.9 Å². The third-order valence-electron chi connectivity index (χ3n) is 12.5. The Kier molecular flexibility index (Phi) is 8.53. The first-order valence-corrected chi connectivity index (χ1v) is 21.3. The Balaban J connectivity index is 1.02. The summed E-state index contributed by atoms with van der Waals surface area (Å²) in [5.74, 6) is 0. The Morgan fingerprint density at radius 1 is 0.258 bits per heavy atom. The molecule has 0 saturated heterocycles. The van der Waals surface area contributed by atoms with E-state index in [-0.39, 0.29) is 0 Å². The van der Waals surface area contributed by atoms with Crippen molar-refractivity contribution in [2.75, 3.05) is 4.90 Å². The van der Waals surface area contributed by atoms with Crippen LogP contribution in [0.3, 0.4) is 0 Å². The number of aromatic nitrogens is 1. The minimum absolute atomic E-state index is 1.09. The maximum absolute atomic E-state index is 2.41. The van der Waals surface area contributed by atoms with E-state index in [1.807, 2.05) is 0 Å². The summed E-state index contributed by atoms with van der Waals surface area (Å²) >= 11 is 0. The monoisotopic (exact) mass is 788 g/mol. The molecule has 2 nitrogen and oxygen atoms in total. The lowest BCUT2D eigenvalue weighted by Gasteiger charge is -2.27. The van der Waals surface area contributed by atoms with E-state index in [9.17, 15) is 0 Å². The van der Waals surface area contributed by atoms with Gasteiger partial charge in [0.05, 0.1) is 11.0 Å². The highest BCUT2D eigenvalue weighted by Crippen LogP contribution is 2.42. The lowest BCUT2D eigenvalue weighted by atomic mass is 9.94. The molecular formula is C60H40N2. The Labute approximate surface area is 360 Å². The number of anilines is 3. The summed E-state index contributed by atoms with van der Waals surface area (Å²) in [5, 5.41) is 10.0. The van der Waals surface area contributed by atoms with Gasteiger partial charge in [-0.1, -0.05) is 176 Å². The Bertz CT molecular complexity index is 3650. The summed E-state index contributed by atoms with van der Waals surface area (Å²) in [5.41, 5.74) is 13.9. The summed E-state index contributed by atoms with van der Waals surface area (Å²) in [4.78, 5) is 2.41. The smallest absolute Gasteiger partial charge is 0.0547 e. The first-order chi connectivity index (χ1) is 30.7. The molecule has 0 saturated carbocycles. The number of fused-ring (bicyclic) bond motifs is 7. The van der Waals surface area contributed by atoms with Crippen molar-refractivity contribution in [3.8, 4) is 39.1 Å². The molecule has 0 N–H and O–H groups in total. The van der Waals surface area contributed by atoms with Crippen LogP contribution in [0.1, 0.15) is 0 Å². The number of hydrogen-bond acceptors (Lipinski definition) is 1. The molecule has 62 heavy (non-hydrogen) atoms. The van der Waals surface area contributed by atoms with Crippen molar-refractivity contribution in [3.05, 3.63) is 243 Å². The predicted molar refractivity (Wildman–Crippen MR) is 264 cm³/mol. The average molecular weight is 789 g/mol. The molecule has 12 aromatic rings. The van der Waals surface area contributed by atoms with Gasteiger partial charge in [0.15, 0.2) is 0 Å². The van der Waals surface area contributed by atoms with Crippen LogP contribution in [0.2, 0.25) is 0 Å². The number of para-hydroxylation sites is 2. The molecule has 11 aromatic carbocycles. The van der Waals surface area contributed by atoms with E-state index in [4.69, 9.17) is 0 Å². The van der Waals surface area contributed by atoms with Gasteiger partial charge in [-0.25, -0.2) is 0 Å². The summed E-state index contributed by atoms with van der Waals surface area (Å²) < 4.78 is 2.39. The fourth-order valence-corrected chi connectivity index (χ4v) is 9.58. The molecule has 1 heterocycles. The highest BCUT2D eigenvalue weighted by atomic mass is 15.1. The van der Waals surface area contributed by atoms with Crippen LogP contribution in [-0.2, 0) is 0 Å². The van der Waals surface area contributed by atoms with Crippen molar-refractivity contribution in [2.45, 2.75) is 0 Å². The Morgan fingerprint density at radius 2 is 0.774 bits per heavy atom. The largest absolute Gasteiger partial charge is 0.310 e. The van der Waals surface area contributed by atoms with Crippen LogP contribution in [0.5, 0.6) is 0 Å². The minimum Gasteiger partial charge on any atom is -0.310 e. The summed E-state index contributed by atoms with van der Waals surface area (Å²) in [6, 6.07) is 88.6. The second kappa shape index (κ2) is 14.8. The molecular weight excluding hydrogens is 749 g/mol. The van der Waals surface area contributed by atoms with Crippen LogP contribution in [0.4, 0.5) is 17.1 Å². The Morgan fingerprint density at radius 3 is 1.55 bits per heavy atom. The van der Waals surface area contributed by atoms with Crippen molar-refractivity contribution in [3.63, 3.8) is 0 Å². The molecule has 0 bridgehead atoms. The zero-order chi connectivity index (χ0) is 41.0. The standard InChI is InChI=1S/C60H40N2/c1-2-20-49(21-3-1)62-59-29-9-8-26-57(59)58-35-33-47(40-60(58)62)45-18-11-23-51(38-45)61(50-22-10-17-44(37-50)46-31-30-41-14-4-5-16-43(41)36-46)52-24-12-19-48(39-52)54-27-13-28-55-53-25-7-6-15-42(53)32-34-56(54)55/h1-40H. The second-order valence-electron chi connectivity index (χ2n) is 16.2. The van der Waals surface area contributed by atoms with Gasteiger partial charge in [0, 0.05) is 33.5 Å². The van der Waals surface area contributed by atoms with Crippen molar-refractivity contribution in [1.29, 1.82) is 0 Å². The Hall–Kier alpha value is -8.20. The third-order valence-corrected chi connectivity index (χ3v) is 12.5. The van der Waals surface area contributed by atoms with Crippen LogP contribution in [0.15, 0.2) is 243 Å². The van der Waals surface area contributed by atoms with E-state index in [0.717, 1.165) is 28.3 Å². The normalized spacial score (nSPS) is 11.5.